The second kappa shape index (κ2) is 7.23. The van der Waals surface area contributed by atoms with E-state index in [9.17, 15) is 5.26 Å². The average Bonchev–Trinajstić information content (AvgIpc) is 3.12. The Morgan fingerprint density at radius 1 is 1.19 bits per heavy atom. The molecule has 0 N–H and O–H groups in total. The first kappa shape index (κ1) is 17.3. The highest BCUT2D eigenvalue weighted by Crippen LogP contribution is 2.26. The Bertz CT molecular complexity index is 804. The normalized spacial score (nSPS) is 25.5. The van der Waals surface area contributed by atoms with Gasteiger partial charge in [-0.3, -0.25) is 4.90 Å². The van der Waals surface area contributed by atoms with E-state index in [1.807, 2.05) is 18.2 Å². The number of piperazine rings is 1. The molecule has 0 saturated carbocycles. The molecule has 138 valence electrons. The van der Waals surface area contributed by atoms with Gasteiger partial charge in [-0.25, -0.2) is 4.52 Å². The Morgan fingerprint density at radius 2 is 2.00 bits per heavy atom. The van der Waals surface area contributed by atoms with Crippen molar-refractivity contribution in [3.8, 4) is 6.07 Å². The highest BCUT2D eigenvalue weighted by molar-refractivity contribution is 5.74. The topological polar surface area (TPSA) is 60.0 Å². The summed E-state index contributed by atoms with van der Waals surface area (Å²) in [5.41, 5.74) is 2.67. The van der Waals surface area contributed by atoms with Crippen molar-refractivity contribution >= 4 is 11.2 Å². The summed E-state index contributed by atoms with van der Waals surface area (Å²) < 4.78 is 7.96. The molecular weight excluding hydrogens is 328 g/mol. The second-order valence-corrected chi connectivity index (χ2v) is 7.42. The molecule has 2 aromatic heterocycles. The second-order valence-electron chi connectivity index (χ2n) is 7.42. The van der Waals surface area contributed by atoms with Crippen LogP contribution >= 0.6 is 0 Å². The molecule has 0 amide bonds. The van der Waals surface area contributed by atoms with Gasteiger partial charge in [0.25, 0.3) is 0 Å². The summed E-state index contributed by atoms with van der Waals surface area (Å²) >= 11 is 0. The zero-order valence-electron chi connectivity index (χ0n) is 15.5. The Balaban J connectivity index is 1.52. The van der Waals surface area contributed by atoms with Crippen molar-refractivity contribution < 1.29 is 4.74 Å². The van der Waals surface area contributed by atoms with Crippen LogP contribution in [0, 0.1) is 11.3 Å². The van der Waals surface area contributed by atoms with Gasteiger partial charge in [0.1, 0.15) is 11.8 Å². The summed E-state index contributed by atoms with van der Waals surface area (Å²) in [5, 5.41) is 13.6. The molecule has 0 bridgehead atoms. The molecule has 0 unspecified atom stereocenters. The summed E-state index contributed by atoms with van der Waals surface area (Å²) in [6.45, 7) is 9.29. The van der Waals surface area contributed by atoms with Gasteiger partial charge in [-0.1, -0.05) is 0 Å². The highest BCUT2D eigenvalue weighted by atomic mass is 16.5. The van der Waals surface area contributed by atoms with Gasteiger partial charge in [0.05, 0.1) is 29.6 Å². The Kier molecular flexibility index (Phi) is 4.81. The van der Waals surface area contributed by atoms with Gasteiger partial charge in [0.2, 0.25) is 0 Å². The van der Waals surface area contributed by atoms with Crippen molar-refractivity contribution in [2.75, 3.05) is 57.8 Å². The van der Waals surface area contributed by atoms with E-state index >= 15 is 0 Å². The van der Waals surface area contributed by atoms with E-state index in [1.165, 1.54) is 0 Å². The number of nitriles is 1. The van der Waals surface area contributed by atoms with Crippen LogP contribution in [0.25, 0.3) is 5.52 Å². The van der Waals surface area contributed by atoms with E-state index in [-0.39, 0.29) is 12.2 Å². The number of morpholine rings is 1. The molecule has 2 fully saturated rings. The van der Waals surface area contributed by atoms with Crippen molar-refractivity contribution in [1.82, 2.24) is 19.4 Å². The van der Waals surface area contributed by atoms with E-state index in [0.717, 1.165) is 57.0 Å². The summed E-state index contributed by atoms with van der Waals surface area (Å²) in [6, 6.07) is 8.08. The zero-order chi connectivity index (χ0) is 18.1. The van der Waals surface area contributed by atoms with Crippen molar-refractivity contribution in [1.29, 1.82) is 5.26 Å². The lowest BCUT2D eigenvalue weighted by Gasteiger charge is -2.41. The number of rotatable bonds is 3. The van der Waals surface area contributed by atoms with E-state index in [2.05, 4.69) is 39.8 Å². The lowest BCUT2D eigenvalue weighted by molar-refractivity contribution is -0.0369. The molecule has 2 atom stereocenters. The minimum Gasteiger partial charge on any atom is -0.370 e. The largest absolute Gasteiger partial charge is 0.370 e. The lowest BCUT2D eigenvalue weighted by Crippen LogP contribution is -2.53. The van der Waals surface area contributed by atoms with Gasteiger partial charge in [0.15, 0.2) is 0 Å². The predicted molar refractivity (Wildman–Crippen MR) is 100 cm³/mol. The number of pyridine rings is 1. The van der Waals surface area contributed by atoms with Gasteiger partial charge in [-0.2, -0.15) is 10.4 Å². The molecule has 4 heterocycles. The highest BCUT2D eigenvalue weighted by Gasteiger charge is 2.29. The van der Waals surface area contributed by atoms with Crippen LogP contribution in [-0.2, 0) is 4.74 Å². The van der Waals surface area contributed by atoms with Crippen LogP contribution in [0.3, 0.4) is 0 Å². The third-order valence-corrected chi connectivity index (χ3v) is 5.37. The third kappa shape index (κ3) is 3.40. The van der Waals surface area contributed by atoms with Crippen molar-refractivity contribution in [3.63, 3.8) is 0 Å². The Morgan fingerprint density at radius 3 is 2.77 bits per heavy atom. The molecule has 4 rings (SSSR count). The van der Waals surface area contributed by atoms with Crippen LogP contribution < -0.4 is 4.90 Å². The van der Waals surface area contributed by atoms with Gasteiger partial charge in [-0.15, -0.1) is 0 Å². The number of hydrogen-bond donors (Lipinski definition) is 0. The molecule has 2 aromatic rings. The number of anilines is 1. The summed E-state index contributed by atoms with van der Waals surface area (Å²) in [7, 11) is 2.18. The van der Waals surface area contributed by atoms with Crippen molar-refractivity contribution in [3.05, 3.63) is 30.1 Å². The SMILES string of the molecule is C[C@@H]1CN(c2ccc(C#N)n3nccc23)C[C@H](CN2CCN(C)CC2)O1. The van der Waals surface area contributed by atoms with Gasteiger partial charge < -0.3 is 14.5 Å². The lowest BCUT2D eigenvalue weighted by atomic mass is 10.1. The first-order chi connectivity index (χ1) is 12.6. The number of nitrogens with zero attached hydrogens (tertiary/aromatic N) is 6. The van der Waals surface area contributed by atoms with Gasteiger partial charge >= 0.3 is 0 Å². The fourth-order valence-electron chi connectivity index (χ4n) is 4.02. The number of hydrogen-bond acceptors (Lipinski definition) is 6. The van der Waals surface area contributed by atoms with E-state index in [4.69, 9.17) is 4.74 Å². The first-order valence-electron chi connectivity index (χ1n) is 9.32. The van der Waals surface area contributed by atoms with E-state index in [0.29, 0.717) is 5.69 Å². The number of likely N-dealkylation sites (N-methyl/N-ethyl adjacent to an activating group) is 1. The average molecular weight is 354 g/mol. The van der Waals surface area contributed by atoms with Crippen LogP contribution in [0.5, 0.6) is 0 Å². The first-order valence-corrected chi connectivity index (χ1v) is 9.32. The minimum atomic E-state index is 0.180. The van der Waals surface area contributed by atoms with Crippen LogP contribution in [-0.4, -0.2) is 84.5 Å². The molecule has 26 heavy (non-hydrogen) atoms. The third-order valence-electron chi connectivity index (χ3n) is 5.37. The van der Waals surface area contributed by atoms with E-state index < -0.39 is 0 Å². The molecule has 2 aliphatic rings. The molecular formula is C19H26N6O. The number of ether oxygens (including phenoxy) is 1. The standard InChI is InChI=1S/C19H26N6O/c1-15-12-24(14-17(26-15)13-23-9-7-22(2)8-10-23)18-4-3-16(11-20)25-19(18)5-6-21-25/h3-6,15,17H,7-10,12-14H2,1-2H3/t15-,17+/m1/s1. The fraction of sp³-hybridized carbons (Fsp3) is 0.579. The van der Waals surface area contributed by atoms with Gasteiger partial charge in [-0.05, 0) is 32.2 Å². The van der Waals surface area contributed by atoms with E-state index in [1.54, 1.807) is 10.7 Å². The van der Waals surface area contributed by atoms with Crippen LogP contribution in [0.1, 0.15) is 12.6 Å². The Hall–Kier alpha value is -2.14. The molecule has 0 radical (unpaired) electrons. The predicted octanol–water partition coefficient (Wildman–Crippen LogP) is 1.05. The minimum absolute atomic E-state index is 0.180. The summed E-state index contributed by atoms with van der Waals surface area (Å²) in [5.74, 6) is 0. The molecule has 7 nitrogen and oxygen atoms in total. The fourth-order valence-corrected chi connectivity index (χ4v) is 4.02. The maximum absolute atomic E-state index is 9.29. The summed E-state index contributed by atoms with van der Waals surface area (Å²) in [6.07, 6.45) is 2.13. The maximum atomic E-state index is 9.29. The molecule has 0 aromatic carbocycles. The smallest absolute Gasteiger partial charge is 0.142 e. The molecule has 2 saturated heterocycles. The zero-order valence-corrected chi connectivity index (χ0v) is 15.5. The molecule has 0 spiro atoms. The monoisotopic (exact) mass is 354 g/mol. The van der Waals surface area contributed by atoms with Crippen LogP contribution in [0.15, 0.2) is 24.4 Å². The number of aromatic nitrogens is 2. The maximum Gasteiger partial charge on any atom is 0.142 e. The quantitative estimate of drug-likeness (QED) is 0.821. The van der Waals surface area contributed by atoms with Crippen LogP contribution in [0.4, 0.5) is 5.69 Å². The molecule has 2 aliphatic heterocycles. The van der Waals surface area contributed by atoms with Crippen molar-refractivity contribution in [2.24, 2.45) is 0 Å². The number of fused-ring (bicyclic) bond motifs is 1. The van der Waals surface area contributed by atoms with Crippen LogP contribution in [0.2, 0.25) is 0 Å². The molecule has 7 heteroatoms. The Labute approximate surface area is 154 Å². The molecule has 0 aliphatic carbocycles. The van der Waals surface area contributed by atoms with Gasteiger partial charge in [0, 0.05) is 45.8 Å². The summed E-state index contributed by atoms with van der Waals surface area (Å²) in [4.78, 5) is 7.27. The van der Waals surface area contributed by atoms with Crippen molar-refractivity contribution in [2.45, 2.75) is 19.1 Å².